The number of carbonyl (C=O) groups excluding carboxylic acids is 2. The van der Waals surface area contributed by atoms with Crippen LogP contribution in [0.4, 0.5) is 10.1 Å². The van der Waals surface area contributed by atoms with Crippen molar-refractivity contribution in [2.24, 2.45) is 0 Å². The van der Waals surface area contributed by atoms with Crippen LogP contribution in [-0.4, -0.2) is 49.5 Å². The predicted octanol–water partition coefficient (Wildman–Crippen LogP) is 5.24. The monoisotopic (exact) mass is 581 g/mol. The zero-order chi connectivity index (χ0) is 30.2. The molecule has 2 amide bonds. The van der Waals surface area contributed by atoms with Gasteiger partial charge >= 0.3 is 0 Å². The molecule has 0 saturated heterocycles. The van der Waals surface area contributed by atoms with E-state index < -0.39 is 27.4 Å². The molecular weight excluding hydrogens is 541 g/mol. The molecular formula is C32H40FN3O4S. The maximum atomic E-state index is 13.8. The summed E-state index contributed by atoms with van der Waals surface area (Å²) in [7, 11) is -3.58. The number of aryl methyl sites for hydroxylation is 1. The number of amides is 2. The lowest BCUT2D eigenvalue weighted by Crippen LogP contribution is -2.54. The smallest absolute Gasteiger partial charge is 0.243 e. The van der Waals surface area contributed by atoms with Crippen LogP contribution in [0.3, 0.4) is 0 Å². The van der Waals surface area contributed by atoms with Gasteiger partial charge in [-0.15, -0.1) is 0 Å². The third-order valence-corrected chi connectivity index (χ3v) is 7.70. The summed E-state index contributed by atoms with van der Waals surface area (Å²) in [5.41, 5.74) is 2.58. The summed E-state index contributed by atoms with van der Waals surface area (Å²) in [5.74, 6) is -0.985. The Labute approximate surface area is 243 Å². The van der Waals surface area contributed by atoms with Crippen LogP contribution in [0.2, 0.25) is 0 Å². The number of sulfonamides is 1. The number of hydrogen-bond acceptors (Lipinski definition) is 4. The second-order valence-corrected chi connectivity index (χ2v) is 13.3. The van der Waals surface area contributed by atoms with Crippen molar-refractivity contribution >= 4 is 27.5 Å². The minimum absolute atomic E-state index is 0.0210. The molecule has 0 unspecified atom stereocenters. The molecule has 3 aromatic carbocycles. The van der Waals surface area contributed by atoms with Crippen LogP contribution in [0, 0.1) is 12.7 Å². The fourth-order valence-electron chi connectivity index (χ4n) is 4.51. The molecule has 1 atom stereocenters. The molecule has 0 aliphatic heterocycles. The van der Waals surface area contributed by atoms with E-state index in [1.54, 1.807) is 24.3 Å². The number of anilines is 1. The van der Waals surface area contributed by atoms with Gasteiger partial charge in [0.2, 0.25) is 21.8 Å². The molecule has 220 valence electrons. The van der Waals surface area contributed by atoms with E-state index in [4.69, 9.17) is 0 Å². The van der Waals surface area contributed by atoms with Gasteiger partial charge in [0.1, 0.15) is 11.9 Å². The van der Waals surface area contributed by atoms with Crippen LogP contribution < -0.4 is 9.62 Å². The Balaban J connectivity index is 1.89. The van der Waals surface area contributed by atoms with Gasteiger partial charge in [-0.2, -0.15) is 0 Å². The highest BCUT2D eigenvalue weighted by Crippen LogP contribution is 2.21. The van der Waals surface area contributed by atoms with E-state index in [2.05, 4.69) is 5.32 Å². The summed E-state index contributed by atoms with van der Waals surface area (Å²) >= 11 is 0. The first-order valence-corrected chi connectivity index (χ1v) is 15.5. The molecule has 3 rings (SSSR count). The number of carbonyl (C=O) groups is 2. The van der Waals surface area contributed by atoms with E-state index in [-0.39, 0.29) is 44.2 Å². The molecule has 0 spiro atoms. The Kier molecular flexibility index (Phi) is 10.7. The standard InChI is InChI=1S/C32H40FN3O4S/c1-24-13-19-28(20-14-24)36(41(5,39)40)21-9-12-30(37)35(23-26-15-17-27(33)18-16-26)29(31(38)34-32(2,3)4)22-25-10-7-6-8-11-25/h6-8,10-11,13-20,29H,9,12,21-23H2,1-5H3,(H,34,38)/t29-/m1/s1. The molecule has 0 radical (unpaired) electrons. The number of benzene rings is 3. The first-order chi connectivity index (χ1) is 19.2. The molecule has 0 aliphatic rings. The highest BCUT2D eigenvalue weighted by molar-refractivity contribution is 7.92. The van der Waals surface area contributed by atoms with E-state index in [1.807, 2.05) is 70.2 Å². The van der Waals surface area contributed by atoms with E-state index in [1.165, 1.54) is 21.3 Å². The van der Waals surface area contributed by atoms with Crippen molar-refractivity contribution in [3.63, 3.8) is 0 Å². The van der Waals surface area contributed by atoms with Gasteiger partial charge in [0.15, 0.2) is 0 Å². The Morgan fingerprint density at radius 1 is 0.902 bits per heavy atom. The first kappa shape index (κ1) is 31.8. The molecule has 0 saturated carbocycles. The number of nitrogens with zero attached hydrogens (tertiary/aromatic N) is 2. The third kappa shape index (κ3) is 10.0. The third-order valence-electron chi connectivity index (χ3n) is 6.51. The number of nitrogens with one attached hydrogen (secondary N) is 1. The van der Waals surface area contributed by atoms with E-state index in [0.717, 1.165) is 17.4 Å². The molecule has 0 bridgehead atoms. The minimum Gasteiger partial charge on any atom is -0.350 e. The fourth-order valence-corrected chi connectivity index (χ4v) is 5.47. The number of hydrogen-bond donors (Lipinski definition) is 1. The lowest BCUT2D eigenvalue weighted by atomic mass is 10.00. The Morgan fingerprint density at radius 3 is 2.07 bits per heavy atom. The molecule has 0 aliphatic carbocycles. The van der Waals surface area contributed by atoms with Crippen LogP contribution in [-0.2, 0) is 32.6 Å². The Bertz CT molecular complexity index is 1400. The van der Waals surface area contributed by atoms with Crippen molar-refractivity contribution in [3.05, 3.63) is 101 Å². The van der Waals surface area contributed by atoms with Gasteiger partial charge in [0, 0.05) is 31.5 Å². The predicted molar refractivity (Wildman–Crippen MR) is 161 cm³/mol. The topological polar surface area (TPSA) is 86.8 Å². The van der Waals surface area contributed by atoms with Crippen molar-refractivity contribution in [1.29, 1.82) is 0 Å². The second kappa shape index (κ2) is 13.8. The minimum atomic E-state index is -3.58. The highest BCUT2D eigenvalue weighted by Gasteiger charge is 2.32. The summed E-state index contributed by atoms with van der Waals surface area (Å²) < 4.78 is 40.1. The molecule has 7 nitrogen and oxygen atoms in total. The summed E-state index contributed by atoms with van der Waals surface area (Å²) in [4.78, 5) is 29.0. The molecule has 1 N–H and O–H groups in total. The number of rotatable bonds is 12. The van der Waals surface area contributed by atoms with Gasteiger partial charge < -0.3 is 10.2 Å². The van der Waals surface area contributed by atoms with Crippen LogP contribution in [0.15, 0.2) is 78.9 Å². The van der Waals surface area contributed by atoms with E-state index >= 15 is 0 Å². The molecule has 41 heavy (non-hydrogen) atoms. The molecule has 9 heteroatoms. The van der Waals surface area contributed by atoms with Gasteiger partial charge in [-0.25, -0.2) is 12.8 Å². The van der Waals surface area contributed by atoms with Gasteiger partial charge in [0.25, 0.3) is 0 Å². The average molecular weight is 582 g/mol. The maximum absolute atomic E-state index is 13.8. The molecule has 0 heterocycles. The number of halogens is 1. The zero-order valence-electron chi connectivity index (χ0n) is 24.4. The summed E-state index contributed by atoms with van der Waals surface area (Å²) in [6.07, 6.45) is 1.70. The lowest BCUT2D eigenvalue weighted by molar-refractivity contribution is -0.142. The van der Waals surface area contributed by atoms with Gasteiger partial charge in [-0.1, -0.05) is 60.2 Å². The summed E-state index contributed by atoms with van der Waals surface area (Å²) in [5, 5.41) is 3.01. The lowest BCUT2D eigenvalue weighted by Gasteiger charge is -2.34. The fraction of sp³-hybridized carbons (Fsp3) is 0.375. The summed E-state index contributed by atoms with van der Waals surface area (Å²) in [6.45, 7) is 7.76. The SMILES string of the molecule is Cc1ccc(N(CCCC(=O)N(Cc2ccc(F)cc2)[C@H](Cc2ccccc2)C(=O)NC(C)(C)C)S(C)(=O)=O)cc1. The van der Waals surface area contributed by atoms with Crippen LogP contribution >= 0.6 is 0 Å². The second-order valence-electron chi connectivity index (χ2n) is 11.4. The largest absolute Gasteiger partial charge is 0.350 e. The quantitative estimate of drug-likeness (QED) is 0.317. The first-order valence-electron chi connectivity index (χ1n) is 13.7. The van der Waals surface area contributed by atoms with Crippen molar-refractivity contribution in [1.82, 2.24) is 10.2 Å². The van der Waals surface area contributed by atoms with Crippen LogP contribution in [0.1, 0.15) is 50.3 Å². The molecule has 0 fully saturated rings. The van der Waals surface area contributed by atoms with Gasteiger partial charge in [-0.05, 0) is 69.5 Å². The Hall–Kier alpha value is -3.72. The molecule has 0 aromatic heterocycles. The Morgan fingerprint density at radius 2 is 1.51 bits per heavy atom. The van der Waals surface area contributed by atoms with Crippen molar-refractivity contribution in [2.75, 3.05) is 17.1 Å². The van der Waals surface area contributed by atoms with Gasteiger partial charge in [0.05, 0.1) is 11.9 Å². The average Bonchev–Trinajstić information content (AvgIpc) is 2.89. The maximum Gasteiger partial charge on any atom is 0.243 e. The normalized spacial score (nSPS) is 12.4. The van der Waals surface area contributed by atoms with E-state index in [9.17, 15) is 22.4 Å². The van der Waals surface area contributed by atoms with Gasteiger partial charge in [-0.3, -0.25) is 13.9 Å². The van der Waals surface area contributed by atoms with Crippen LogP contribution in [0.5, 0.6) is 0 Å². The van der Waals surface area contributed by atoms with Crippen molar-refractivity contribution < 1.29 is 22.4 Å². The van der Waals surface area contributed by atoms with Crippen molar-refractivity contribution in [3.8, 4) is 0 Å². The summed E-state index contributed by atoms with van der Waals surface area (Å²) in [6, 6.07) is 21.6. The van der Waals surface area contributed by atoms with Crippen LogP contribution in [0.25, 0.3) is 0 Å². The van der Waals surface area contributed by atoms with Crippen molar-refractivity contribution in [2.45, 2.75) is 65.1 Å². The molecule has 3 aromatic rings. The highest BCUT2D eigenvalue weighted by atomic mass is 32.2. The van der Waals surface area contributed by atoms with E-state index in [0.29, 0.717) is 11.3 Å². The zero-order valence-corrected chi connectivity index (χ0v) is 25.2.